The summed E-state index contributed by atoms with van der Waals surface area (Å²) in [6.45, 7) is 0.779. The van der Waals surface area contributed by atoms with Crippen LogP contribution in [0.25, 0.3) is 0 Å². The van der Waals surface area contributed by atoms with E-state index < -0.39 is 23.3 Å². The highest BCUT2D eigenvalue weighted by molar-refractivity contribution is 5.95. The number of hydrogen-bond acceptors (Lipinski definition) is 3. The molecule has 0 bridgehead atoms. The number of fused-ring (bicyclic) bond motifs is 1. The number of nitriles is 1. The maximum absolute atomic E-state index is 13.0. The Hall–Kier alpha value is -2.27. The standard InChI is InChI=1S/C14H12F3N3O2/c15-14(16,17)10-5-9(2-1-8(10)6-18)20-12-7-22-4-3-11(12)19-13(20)21/h1-2,5,11-12H,3-4,7H2,(H,19,21)/t11-,12-/m1/s1. The van der Waals surface area contributed by atoms with E-state index in [2.05, 4.69) is 5.32 Å². The molecule has 0 saturated carbocycles. The van der Waals surface area contributed by atoms with Gasteiger partial charge in [-0.2, -0.15) is 18.4 Å². The number of hydrogen-bond donors (Lipinski definition) is 1. The van der Waals surface area contributed by atoms with Crippen molar-refractivity contribution in [2.75, 3.05) is 18.1 Å². The lowest BCUT2D eigenvalue weighted by Gasteiger charge is -2.30. The number of carbonyl (C=O) groups is 1. The van der Waals surface area contributed by atoms with Gasteiger partial charge in [-0.1, -0.05) is 0 Å². The van der Waals surface area contributed by atoms with Crippen molar-refractivity contribution in [3.8, 4) is 6.07 Å². The average molecular weight is 311 g/mol. The van der Waals surface area contributed by atoms with Gasteiger partial charge in [-0.3, -0.25) is 4.90 Å². The summed E-state index contributed by atoms with van der Waals surface area (Å²) in [7, 11) is 0. The third-order valence-electron chi connectivity index (χ3n) is 3.89. The minimum atomic E-state index is -4.65. The van der Waals surface area contributed by atoms with Gasteiger partial charge in [0.1, 0.15) is 0 Å². The number of rotatable bonds is 1. The van der Waals surface area contributed by atoms with Crippen LogP contribution in [0.2, 0.25) is 0 Å². The van der Waals surface area contributed by atoms with Gasteiger partial charge < -0.3 is 10.1 Å². The number of urea groups is 1. The molecule has 0 spiro atoms. The zero-order valence-electron chi connectivity index (χ0n) is 11.4. The predicted molar refractivity (Wildman–Crippen MR) is 70.2 cm³/mol. The lowest BCUT2D eigenvalue weighted by Crippen LogP contribution is -2.44. The second-order valence-electron chi connectivity index (χ2n) is 5.20. The molecule has 8 heteroatoms. The van der Waals surface area contributed by atoms with Crippen molar-refractivity contribution in [2.45, 2.75) is 24.7 Å². The molecule has 116 valence electrons. The highest BCUT2D eigenvalue weighted by Gasteiger charge is 2.43. The van der Waals surface area contributed by atoms with Gasteiger partial charge in [-0.05, 0) is 24.6 Å². The Morgan fingerprint density at radius 2 is 2.18 bits per heavy atom. The summed E-state index contributed by atoms with van der Waals surface area (Å²) in [6, 6.07) is 3.89. The molecule has 2 fully saturated rings. The van der Waals surface area contributed by atoms with Crippen molar-refractivity contribution in [1.82, 2.24) is 5.32 Å². The number of carbonyl (C=O) groups excluding carboxylic acids is 1. The maximum Gasteiger partial charge on any atom is 0.417 e. The third kappa shape index (κ3) is 2.37. The van der Waals surface area contributed by atoms with Crippen LogP contribution in [0.4, 0.5) is 23.7 Å². The fourth-order valence-electron chi connectivity index (χ4n) is 2.85. The highest BCUT2D eigenvalue weighted by atomic mass is 19.4. The number of nitrogens with zero attached hydrogens (tertiary/aromatic N) is 2. The molecule has 1 N–H and O–H groups in total. The van der Waals surface area contributed by atoms with Crippen LogP contribution in [-0.2, 0) is 10.9 Å². The second kappa shape index (κ2) is 5.18. The minimum Gasteiger partial charge on any atom is -0.379 e. The van der Waals surface area contributed by atoms with Crippen molar-refractivity contribution in [3.63, 3.8) is 0 Å². The van der Waals surface area contributed by atoms with E-state index in [4.69, 9.17) is 10.00 Å². The Bertz CT molecular complexity index is 654. The number of alkyl halides is 3. The second-order valence-corrected chi connectivity index (χ2v) is 5.20. The molecule has 0 unspecified atom stereocenters. The van der Waals surface area contributed by atoms with Crippen LogP contribution in [0.1, 0.15) is 17.5 Å². The van der Waals surface area contributed by atoms with E-state index in [-0.39, 0.29) is 24.4 Å². The summed E-state index contributed by atoms with van der Waals surface area (Å²) in [4.78, 5) is 13.3. The van der Waals surface area contributed by atoms with E-state index in [1.54, 1.807) is 0 Å². The van der Waals surface area contributed by atoms with Crippen LogP contribution in [0.3, 0.4) is 0 Å². The lowest BCUT2D eigenvalue weighted by atomic mass is 10.0. The average Bonchev–Trinajstić information content (AvgIpc) is 2.81. The lowest BCUT2D eigenvalue weighted by molar-refractivity contribution is -0.137. The zero-order valence-corrected chi connectivity index (χ0v) is 11.4. The topological polar surface area (TPSA) is 65.4 Å². The number of benzene rings is 1. The minimum absolute atomic E-state index is 0.113. The first-order chi connectivity index (χ1) is 10.4. The first kappa shape index (κ1) is 14.7. The largest absolute Gasteiger partial charge is 0.417 e. The molecule has 22 heavy (non-hydrogen) atoms. The van der Waals surface area contributed by atoms with Gasteiger partial charge in [-0.25, -0.2) is 4.79 Å². The van der Waals surface area contributed by atoms with E-state index in [1.807, 2.05) is 0 Å². The first-order valence-electron chi connectivity index (χ1n) is 6.70. The summed E-state index contributed by atoms with van der Waals surface area (Å²) in [5.41, 5.74) is -1.39. The molecule has 2 atom stereocenters. The van der Waals surface area contributed by atoms with Crippen molar-refractivity contribution in [3.05, 3.63) is 29.3 Å². The molecule has 2 aliphatic heterocycles. The van der Waals surface area contributed by atoms with Gasteiger partial charge in [0.25, 0.3) is 0 Å². The first-order valence-corrected chi connectivity index (χ1v) is 6.70. The number of nitrogens with one attached hydrogen (secondary N) is 1. The van der Waals surface area contributed by atoms with Gasteiger partial charge in [-0.15, -0.1) is 0 Å². The molecule has 2 amide bonds. The van der Waals surface area contributed by atoms with Gasteiger partial charge in [0.05, 0.1) is 35.9 Å². The van der Waals surface area contributed by atoms with Gasteiger partial charge >= 0.3 is 12.2 Å². The van der Waals surface area contributed by atoms with Crippen LogP contribution >= 0.6 is 0 Å². The molecule has 0 aliphatic carbocycles. The number of anilines is 1. The summed E-state index contributed by atoms with van der Waals surface area (Å²) in [6.07, 6.45) is -4.03. The van der Waals surface area contributed by atoms with Gasteiger partial charge in [0, 0.05) is 12.3 Å². The molecule has 0 aromatic heterocycles. The Morgan fingerprint density at radius 3 is 2.86 bits per heavy atom. The Balaban J connectivity index is 2.01. The van der Waals surface area contributed by atoms with Crippen molar-refractivity contribution >= 4 is 11.7 Å². The quantitative estimate of drug-likeness (QED) is 0.865. The summed E-state index contributed by atoms with van der Waals surface area (Å²) < 4.78 is 44.4. The monoisotopic (exact) mass is 311 g/mol. The summed E-state index contributed by atoms with van der Waals surface area (Å²) in [5, 5.41) is 11.6. The molecule has 1 aromatic carbocycles. The Kier molecular flexibility index (Phi) is 3.45. The predicted octanol–water partition coefficient (Wildman–Crippen LogP) is 2.26. The van der Waals surface area contributed by atoms with E-state index in [0.29, 0.717) is 13.0 Å². The Morgan fingerprint density at radius 1 is 1.41 bits per heavy atom. The molecule has 1 aromatic rings. The smallest absolute Gasteiger partial charge is 0.379 e. The molecule has 3 rings (SSSR count). The number of ether oxygens (including phenoxy) is 1. The van der Waals surface area contributed by atoms with Gasteiger partial charge in [0.15, 0.2) is 0 Å². The molecule has 2 saturated heterocycles. The maximum atomic E-state index is 13.0. The molecule has 5 nitrogen and oxygen atoms in total. The summed E-state index contributed by atoms with van der Waals surface area (Å²) in [5.74, 6) is 0. The van der Waals surface area contributed by atoms with Crippen LogP contribution in [0.5, 0.6) is 0 Å². The van der Waals surface area contributed by atoms with Crippen LogP contribution < -0.4 is 10.2 Å². The van der Waals surface area contributed by atoms with Crippen molar-refractivity contribution in [2.24, 2.45) is 0 Å². The van der Waals surface area contributed by atoms with Crippen LogP contribution in [-0.4, -0.2) is 31.3 Å². The highest BCUT2D eigenvalue weighted by Crippen LogP contribution is 2.36. The summed E-state index contributed by atoms with van der Waals surface area (Å²) >= 11 is 0. The molecular formula is C14H12F3N3O2. The fraction of sp³-hybridized carbons (Fsp3) is 0.429. The zero-order chi connectivity index (χ0) is 15.9. The van der Waals surface area contributed by atoms with E-state index in [9.17, 15) is 18.0 Å². The van der Waals surface area contributed by atoms with Crippen LogP contribution in [0, 0.1) is 11.3 Å². The van der Waals surface area contributed by atoms with Gasteiger partial charge in [0.2, 0.25) is 0 Å². The molecular weight excluding hydrogens is 299 g/mol. The fourth-order valence-corrected chi connectivity index (χ4v) is 2.85. The van der Waals surface area contributed by atoms with E-state index in [1.165, 1.54) is 17.0 Å². The normalized spacial score (nSPS) is 24.6. The van der Waals surface area contributed by atoms with E-state index in [0.717, 1.165) is 12.1 Å². The third-order valence-corrected chi connectivity index (χ3v) is 3.89. The Labute approximate surface area is 124 Å². The van der Waals surface area contributed by atoms with Crippen LogP contribution in [0.15, 0.2) is 18.2 Å². The number of amides is 2. The van der Waals surface area contributed by atoms with Crippen molar-refractivity contribution in [1.29, 1.82) is 5.26 Å². The van der Waals surface area contributed by atoms with E-state index >= 15 is 0 Å². The molecule has 2 heterocycles. The number of halogens is 3. The molecule has 0 radical (unpaired) electrons. The molecule has 2 aliphatic rings. The SMILES string of the molecule is N#Cc1ccc(N2C(=O)N[C@@H]3CCOC[C@H]32)cc1C(F)(F)F. The van der Waals surface area contributed by atoms with Crippen molar-refractivity contribution < 1.29 is 22.7 Å².